The molecule has 21 heavy (non-hydrogen) atoms. The number of nitrogens with zero attached hydrogens (tertiary/aromatic N) is 1. The molecule has 0 bridgehead atoms. The van der Waals surface area contributed by atoms with Gasteiger partial charge < -0.3 is 5.73 Å². The molecule has 0 aromatic heterocycles. The highest BCUT2D eigenvalue weighted by atomic mass is 79.9. The molecular weight excluding hydrogens is 333 g/mol. The van der Waals surface area contributed by atoms with Crippen molar-refractivity contribution in [1.29, 1.82) is 5.41 Å². The first-order chi connectivity index (χ1) is 9.94. The first kappa shape index (κ1) is 15.7. The van der Waals surface area contributed by atoms with Crippen LogP contribution in [0.25, 0.3) is 0 Å². The van der Waals surface area contributed by atoms with Gasteiger partial charge in [-0.3, -0.25) is 10.3 Å². The lowest BCUT2D eigenvalue weighted by Gasteiger charge is -2.17. The Hall–Kier alpha value is -1.72. The number of nitrogen functional groups attached to an aromatic ring is 1. The van der Waals surface area contributed by atoms with Gasteiger partial charge in [-0.25, -0.2) is 4.39 Å². The third kappa shape index (κ3) is 4.65. The van der Waals surface area contributed by atoms with Crippen molar-refractivity contribution < 1.29 is 4.39 Å². The molecule has 0 aliphatic carbocycles. The normalized spacial score (nSPS) is 10.9. The number of hydrogen-bond donors (Lipinski definition) is 2. The third-order valence-electron chi connectivity index (χ3n) is 3.06. The van der Waals surface area contributed by atoms with Gasteiger partial charge in [0.05, 0.1) is 0 Å². The minimum absolute atomic E-state index is 0.120. The summed E-state index contributed by atoms with van der Waals surface area (Å²) in [6.07, 6.45) is 0. The standard InChI is InChI=1S/C16H17BrFN3/c1-21(9-11-3-2-4-14(17)6-11)10-12-5-13(16(19)20)8-15(18)7-12/h2-8H,9-10H2,1H3,(H3,19,20). The number of hydrogen-bond acceptors (Lipinski definition) is 2. The lowest BCUT2D eigenvalue weighted by atomic mass is 10.1. The van der Waals surface area contributed by atoms with E-state index in [4.69, 9.17) is 11.1 Å². The van der Waals surface area contributed by atoms with Gasteiger partial charge in [0, 0.05) is 23.1 Å². The largest absolute Gasteiger partial charge is 0.384 e. The number of benzene rings is 2. The second-order valence-electron chi connectivity index (χ2n) is 5.06. The molecule has 0 saturated carbocycles. The molecule has 5 heteroatoms. The summed E-state index contributed by atoms with van der Waals surface area (Å²) in [5.74, 6) is -0.487. The van der Waals surface area contributed by atoms with Crippen LogP contribution in [-0.2, 0) is 13.1 Å². The fraction of sp³-hybridized carbons (Fsp3) is 0.188. The fourth-order valence-corrected chi connectivity index (χ4v) is 2.66. The van der Waals surface area contributed by atoms with Crippen molar-refractivity contribution in [3.05, 3.63) is 69.4 Å². The van der Waals surface area contributed by atoms with Crippen LogP contribution in [0.3, 0.4) is 0 Å². The van der Waals surface area contributed by atoms with Gasteiger partial charge in [0.25, 0.3) is 0 Å². The summed E-state index contributed by atoms with van der Waals surface area (Å²) in [6, 6.07) is 12.6. The summed E-state index contributed by atoms with van der Waals surface area (Å²) in [7, 11) is 1.97. The van der Waals surface area contributed by atoms with Crippen LogP contribution in [0.2, 0.25) is 0 Å². The Morgan fingerprint density at radius 3 is 2.57 bits per heavy atom. The van der Waals surface area contributed by atoms with Crippen molar-refractivity contribution in [2.75, 3.05) is 7.05 Å². The van der Waals surface area contributed by atoms with E-state index in [1.54, 1.807) is 6.07 Å². The van der Waals surface area contributed by atoms with Gasteiger partial charge in [-0.05, 0) is 48.5 Å². The second-order valence-corrected chi connectivity index (χ2v) is 5.98. The van der Waals surface area contributed by atoms with Crippen LogP contribution in [0, 0.1) is 11.2 Å². The second kappa shape index (κ2) is 6.83. The SMILES string of the molecule is CN(Cc1cccc(Br)c1)Cc1cc(F)cc(C(=N)N)c1. The Morgan fingerprint density at radius 2 is 1.90 bits per heavy atom. The summed E-state index contributed by atoms with van der Waals surface area (Å²) in [5.41, 5.74) is 7.82. The molecule has 2 rings (SSSR count). The van der Waals surface area contributed by atoms with Crippen LogP contribution in [-0.4, -0.2) is 17.8 Å². The first-order valence-corrected chi connectivity index (χ1v) is 7.30. The average molecular weight is 350 g/mol. The Balaban J connectivity index is 2.09. The molecule has 3 nitrogen and oxygen atoms in total. The summed E-state index contributed by atoms with van der Waals surface area (Å²) in [6.45, 7) is 1.34. The first-order valence-electron chi connectivity index (χ1n) is 6.51. The highest BCUT2D eigenvalue weighted by Gasteiger charge is 2.07. The van der Waals surface area contributed by atoms with Crippen molar-refractivity contribution >= 4 is 21.8 Å². The van der Waals surface area contributed by atoms with Crippen molar-refractivity contribution in [3.63, 3.8) is 0 Å². The molecule has 3 N–H and O–H groups in total. The smallest absolute Gasteiger partial charge is 0.124 e. The molecule has 0 aliphatic rings. The molecule has 0 atom stereocenters. The van der Waals surface area contributed by atoms with Crippen LogP contribution < -0.4 is 5.73 Å². The van der Waals surface area contributed by atoms with Gasteiger partial charge in [0.15, 0.2) is 0 Å². The zero-order chi connectivity index (χ0) is 15.4. The Labute approximate surface area is 132 Å². The van der Waals surface area contributed by atoms with Gasteiger partial charge in [-0.15, -0.1) is 0 Å². The number of rotatable bonds is 5. The van der Waals surface area contributed by atoms with Crippen molar-refractivity contribution in [1.82, 2.24) is 4.90 Å². The van der Waals surface area contributed by atoms with Crippen LogP contribution in [0.15, 0.2) is 46.9 Å². The molecule has 2 aromatic carbocycles. The molecule has 2 aromatic rings. The van der Waals surface area contributed by atoms with E-state index in [9.17, 15) is 4.39 Å². The van der Waals surface area contributed by atoms with Crippen LogP contribution in [0.1, 0.15) is 16.7 Å². The maximum absolute atomic E-state index is 13.5. The molecule has 0 fully saturated rings. The van der Waals surface area contributed by atoms with Gasteiger partial charge in [0.2, 0.25) is 0 Å². The van der Waals surface area contributed by atoms with E-state index < -0.39 is 0 Å². The summed E-state index contributed by atoms with van der Waals surface area (Å²) in [5, 5.41) is 7.41. The van der Waals surface area contributed by atoms with E-state index in [1.165, 1.54) is 17.7 Å². The molecule has 0 radical (unpaired) electrons. The minimum atomic E-state index is -0.367. The lowest BCUT2D eigenvalue weighted by Crippen LogP contribution is -2.18. The van der Waals surface area contributed by atoms with Crippen molar-refractivity contribution in [2.45, 2.75) is 13.1 Å². The molecule has 0 aliphatic heterocycles. The number of nitrogens with two attached hydrogens (primary N) is 1. The highest BCUT2D eigenvalue weighted by Crippen LogP contribution is 2.15. The molecule has 0 heterocycles. The molecule has 110 valence electrons. The third-order valence-corrected chi connectivity index (χ3v) is 3.56. The number of halogens is 2. The number of nitrogens with one attached hydrogen (secondary N) is 1. The van der Waals surface area contributed by atoms with E-state index >= 15 is 0 Å². The summed E-state index contributed by atoms with van der Waals surface area (Å²) in [4.78, 5) is 2.08. The van der Waals surface area contributed by atoms with E-state index in [0.29, 0.717) is 12.1 Å². The molecule has 0 saturated heterocycles. The predicted octanol–water partition coefficient (Wildman–Crippen LogP) is 3.50. The minimum Gasteiger partial charge on any atom is -0.384 e. The van der Waals surface area contributed by atoms with Gasteiger partial charge in [0.1, 0.15) is 11.7 Å². The fourth-order valence-electron chi connectivity index (χ4n) is 2.21. The van der Waals surface area contributed by atoms with Gasteiger partial charge in [-0.1, -0.05) is 28.1 Å². The van der Waals surface area contributed by atoms with Crippen molar-refractivity contribution in [2.24, 2.45) is 5.73 Å². The van der Waals surface area contributed by atoms with E-state index in [1.807, 2.05) is 25.2 Å². The van der Waals surface area contributed by atoms with E-state index in [-0.39, 0.29) is 11.7 Å². The van der Waals surface area contributed by atoms with Crippen LogP contribution in [0.4, 0.5) is 4.39 Å². The predicted molar refractivity (Wildman–Crippen MR) is 86.7 cm³/mol. The summed E-state index contributed by atoms with van der Waals surface area (Å²) < 4.78 is 14.6. The van der Waals surface area contributed by atoms with E-state index in [2.05, 4.69) is 26.9 Å². The zero-order valence-corrected chi connectivity index (χ0v) is 13.3. The highest BCUT2D eigenvalue weighted by molar-refractivity contribution is 9.10. The monoisotopic (exact) mass is 349 g/mol. The van der Waals surface area contributed by atoms with Gasteiger partial charge >= 0.3 is 0 Å². The van der Waals surface area contributed by atoms with Crippen molar-refractivity contribution in [3.8, 4) is 0 Å². The number of amidine groups is 1. The quantitative estimate of drug-likeness (QED) is 0.641. The maximum Gasteiger partial charge on any atom is 0.124 e. The Kier molecular flexibility index (Phi) is 5.09. The zero-order valence-electron chi connectivity index (χ0n) is 11.7. The van der Waals surface area contributed by atoms with Gasteiger partial charge in [-0.2, -0.15) is 0 Å². The average Bonchev–Trinajstić information content (AvgIpc) is 2.37. The maximum atomic E-state index is 13.5. The Morgan fingerprint density at radius 1 is 1.19 bits per heavy atom. The summed E-state index contributed by atoms with van der Waals surface area (Å²) >= 11 is 3.45. The van der Waals surface area contributed by atoms with E-state index in [0.717, 1.165) is 16.6 Å². The lowest BCUT2D eigenvalue weighted by molar-refractivity contribution is 0.318. The topological polar surface area (TPSA) is 53.1 Å². The Bertz CT molecular complexity index is 658. The van der Waals surface area contributed by atoms with Crippen LogP contribution in [0.5, 0.6) is 0 Å². The molecule has 0 amide bonds. The molecular formula is C16H17BrFN3. The molecule has 0 unspecified atom stereocenters. The molecule has 0 spiro atoms. The van der Waals surface area contributed by atoms with Crippen LogP contribution >= 0.6 is 15.9 Å².